The fraction of sp³-hybridized carbons (Fsp3) is 0.316. The van der Waals surface area contributed by atoms with Gasteiger partial charge in [0, 0.05) is 10.8 Å². The van der Waals surface area contributed by atoms with E-state index in [4.69, 9.17) is 14.3 Å². The molecule has 0 spiro atoms. The Morgan fingerprint density at radius 3 is 1.91 bits per heavy atom. The highest BCUT2D eigenvalue weighted by molar-refractivity contribution is 6.64. The lowest BCUT2D eigenvalue weighted by Gasteiger charge is -2.32. The van der Waals surface area contributed by atoms with Gasteiger partial charge < -0.3 is 9.31 Å². The number of benzene rings is 2. The Morgan fingerprint density at radius 1 is 0.739 bits per heavy atom. The first-order valence-corrected chi connectivity index (χ1v) is 8.02. The van der Waals surface area contributed by atoms with Crippen molar-refractivity contribution in [3.63, 3.8) is 0 Å². The molecule has 116 valence electrons. The van der Waals surface area contributed by atoms with Gasteiger partial charge in [-0.05, 0) is 39.1 Å². The van der Waals surface area contributed by atoms with Crippen LogP contribution in [0.4, 0.5) is 0 Å². The number of hydrogen-bond acceptors (Lipinski definition) is 3. The molecule has 1 fully saturated rings. The second kappa shape index (κ2) is 4.79. The molecule has 0 bridgehead atoms. The molecule has 0 unspecified atom stereocenters. The van der Waals surface area contributed by atoms with E-state index in [0.717, 1.165) is 21.9 Å². The van der Waals surface area contributed by atoms with Crippen molar-refractivity contribution in [3.05, 3.63) is 48.5 Å². The summed E-state index contributed by atoms with van der Waals surface area (Å²) in [7, 11) is -0.450. The summed E-state index contributed by atoms with van der Waals surface area (Å²) in [6.07, 6.45) is 0. The van der Waals surface area contributed by atoms with Crippen LogP contribution in [0, 0.1) is 0 Å². The Hall–Kier alpha value is -1.91. The SMILES string of the molecule is CC1(C)OB(c2nc3ccccc3c3ccccc23)OC1(C)C. The van der Waals surface area contributed by atoms with Crippen molar-refractivity contribution in [2.75, 3.05) is 0 Å². The molecule has 0 amide bonds. The Bertz CT molecular complexity index is 888. The summed E-state index contributed by atoms with van der Waals surface area (Å²) in [5, 5.41) is 3.43. The van der Waals surface area contributed by atoms with Crippen molar-refractivity contribution in [1.29, 1.82) is 0 Å². The fourth-order valence-corrected chi connectivity index (χ4v) is 3.06. The Morgan fingerprint density at radius 2 is 1.26 bits per heavy atom. The first-order chi connectivity index (χ1) is 10.9. The van der Waals surface area contributed by atoms with Crippen LogP contribution in [0.1, 0.15) is 27.7 Å². The predicted molar refractivity (Wildman–Crippen MR) is 95.0 cm³/mol. The molecule has 4 heteroatoms. The van der Waals surface area contributed by atoms with Gasteiger partial charge in [-0.15, -0.1) is 0 Å². The van der Waals surface area contributed by atoms with Crippen molar-refractivity contribution >= 4 is 34.4 Å². The van der Waals surface area contributed by atoms with Crippen LogP contribution in [0.2, 0.25) is 0 Å². The maximum atomic E-state index is 6.22. The largest absolute Gasteiger partial charge is 0.515 e. The fourth-order valence-electron chi connectivity index (χ4n) is 3.06. The smallest absolute Gasteiger partial charge is 0.398 e. The summed E-state index contributed by atoms with van der Waals surface area (Å²) in [5.41, 5.74) is 1.09. The molecular weight excluding hydrogens is 285 g/mol. The molecule has 2 aromatic carbocycles. The normalized spacial score (nSPS) is 19.6. The van der Waals surface area contributed by atoms with Crippen molar-refractivity contribution < 1.29 is 9.31 Å². The molecule has 0 N–H and O–H groups in total. The van der Waals surface area contributed by atoms with Crippen LogP contribution < -0.4 is 5.59 Å². The number of para-hydroxylation sites is 1. The zero-order valence-corrected chi connectivity index (χ0v) is 14.0. The Balaban J connectivity index is 1.97. The number of pyridine rings is 1. The van der Waals surface area contributed by atoms with Gasteiger partial charge in [-0.2, -0.15) is 0 Å². The number of rotatable bonds is 1. The quantitative estimate of drug-likeness (QED) is 0.507. The highest BCUT2D eigenvalue weighted by Gasteiger charge is 2.52. The molecule has 23 heavy (non-hydrogen) atoms. The molecule has 1 aliphatic rings. The van der Waals surface area contributed by atoms with Gasteiger partial charge in [0.05, 0.1) is 22.3 Å². The van der Waals surface area contributed by atoms with Gasteiger partial charge in [0.25, 0.3) is 0 Å². The summed E-state index contributed by atoms with van der Waals surface area (Å²) in [5.74, 6) is 0. The summed E-state index contributed by atoms with van der Waals surface area (Å²) in [4.78, 5) is 4.87. The van der Waals surface area contributed by atoms with Crippen LogP contribution in [0.3, 0.4) is 0 Å². The lowest BCUT2D eigenvalue weighted by atomic mass is 9.80. The molecule has 3 nitrogen and oxygen atoms in total. The van der Waals surface area contributed by atoms with E-state index in [1.807, 2.05) is 24.3 Å². The van der Waals surface area contributed by atoms with Gasteiger partial charge in [-0.1, -0.05) is 42.5 Å². The Labute approximate surface area is 136 Å². The third kappa shape index (κ3) is 2.17. The molecular formula is C19H20BNO2. The maximum absolute atomic E-state index is 6.22. The van der Waals surface area contributed by atoms with Crippen molar-refractivity contribution in [1.82, 2.24) is 4.98 Å². The van der Waals surface area contributed by atoms with Gasteiger partial charge in [0.1, 0.15) is 0 Å². The number of aromatic nitrogens is 1. The van der Waals surface area contributed by atoms with E-state index in [2.05, 4.69) is 52.0 Å². The van der Waals surface area contributed by atoms with Crippen molar-refractivity contribution in [2.24, 2.45) is 0 Å². The Kier molecular flexibility index (Phi) is 3.06. The van der Waals surface area contributed by atoms with Crippen LogP contribution in [-0.2, 0) is 9.31 Å². The second-order valence-electron chi connectivity index (χ2n) is 7.15. The number of nitrogens with zero attached hydrogens (tertiary/aromatic N) is 1. The standard InChI is InChI=1S/C19H20BNO2/c1-18(2)19(3,4)23-20(22-18)17-15-11-6-5-9-13(15)14-10-7-8-12-16(14)21-17/h5-12H,1-4H3. The molecule has 0 aliphatic carbocycles. The van der Waals surface area contributed by atoms with Crippen LogP contribution >= 0.6 is 0 Å². The third-order valence-electron chi connectivity index (χ3n) is 5.11. The van der Waals surface area contributed by atoms with Crippen LogP contribution in [0.25, 0.3) is 21.7 Å². The van der Waals surface area contributed by atoms with E-state index in [9.17, 15) is 0 Å². The zero-order chi connectivity index (χ0) is 16.2. The minimum absolute atomic E-state index is 0.369. The van der Waals surface area contributed by atoms with Gasteiger partial charge in [-0.25, -0.2) is 0 Å². The van der Waals surface area contributed by atoms with Crippen LogP contribution in [0.5, 0.6) is 0 Å². The minimum Gasteiger partial charge on any atom is -0.398 e. The minimum atomic E-state index is -0.450. The average molecular weight is 305 g/mol. The molecule has 0 radical (unpaired) electrons. The molecule has 1 aliphatic heterocycles. The number of fused-ring (bicyclic) bond motifs is 3. The molecule has 1 aromatic heterocycles. The van der Waals surface area contributed by atoms with Crippen LogP contribution in [0.15, 0.2) is 48.5 Å². The van der Waals surface area contributed by atoms with E-state index in [1.165, 1.54) is 5.39 Å². The summed E-state index contributed by atoms with van der Waals surface area (Å²) >= 11 is 0. The van der Waals surface area contributed by atoms with E-state index in [0.29, 0.717) is 0 Å². The third-order valence-corrected chi connectivity index (χ3v) is 5.11. The summed E-state index contributed by atoms with van der Waals surface area (Å²) in [6, 6.07) is 16.5. The van der Waals surface area contributed by atoms with Crippen molar-refractivity contribution in [2.45, 2.75) is 38.9 Å². The van der Waals surface area contributed by atoms with E-state index in [-0.39, 0.29) is 11.2 Å². The molecule has 2 heterocycles. The highest BCUT2D eigenvalue weighted by Crippen LogP contribution is 2.37. The maximum Gasteiger partial charge on any atom is 0.515 e. The first-order valence-electron chi connectivity index (χ1n) is 8.02. The summed E-state index contributed by atoms with van der Waals surface area (Å²) < 4.78 is 12.4. The molecule has 0 saturated carbocycles. The lowest BCUT2D eigenvalue weighted by Crippen LogP contribution is -2.41. The molecule has 3 aromatic rings. The molecule has 4 rings (SSSR count). The predicted octanol–water partition coefficient (Wildman–Crippen LogP) is 3.69. The monoisotopic (exact) mass is 305 g/mol. The van der Waals surface area contributed by atoms with E-state index >= 15 is 0 Å². The zero-order valence-electron chi connectivity index (χ0n) is 14.0. The molecule has 0 atom stereocenters. The second-order valence-corrected chi connectivity index (χ2v) is 7.15. The van der Waals surface area contributed by atoms with Gasteiger partial charge in [0.2, 0.25) is 0 Å². The van der Waals surface area contributed by atoms with Crippen LogP contribution in [-0.4, -0.2) is 23.3 Å². The van der Waals surface area contributed by atoms with Crippen molar-refractivity contribution in [3.8, 4) is 0 Å². The van der Waals surface area contributed by atoms with Gasteiger partial charge in [0.15, 0.2) is 0 Å². The lowest BCUT2D eigenvalue weighted by molar-refractivity contribution is 0.00578. The summed E-state index contributed by atoms with van der Waals surface area (Å²) in [6.45, 7) is 8.26. The van der Waals surface area contributed by atoms with E-state index < -0.39 is 7.12 Å². The van der Waals surface area contributed by atoms with E-state index in [1.54, 1.807) is 0 Å². The number of hydrogen-bond donors (Lipinski definition) is 0. The highest BCUT2D eigenvalue weighted by atomic mass is 16.7. The van der Waals surface area contributed by atoms with Gasteiger partial charge in [-0.3, -0.25) is 4.98 Å². The average Bonchev–Trinajstić information content (AvgIpc) is 2.74. The topological polar surface area (TPSA) is 31.4 Å². The molecule has 1 saturated heterocycles. The van der Waals surface area contributed by atoms with Gasteiger partial charge >= 0.3 is 7.12 Å². The first kappa shape index (κ1) is 14.7.